The van der Waals surface area contributed by atoms with E-state index in [1.54, 1.807) is 18.2 Å². The highest BCUT2D eigenvalue weighted by Gasteiger charge is 2.35. The smallest absolute Gasteiger partial charge is 0.326 e. The Balaban J connectivity index is 1.51. The summed E-state index contributed by atoms with van der Waals surface area (Å²) in [5.74, 6) is -2.19. The van der Waals surface area contributed by atoms with Gasteiger partial charge in [0.25, 0.3) is 11.8 Å². The van der Waals surface area contributed by atoms with Crippen LogP contribution >= 0.6 is 0 Å². The van der Waals surface area contributed by atoms with Crippen LogP contribution in [0, 0.1) is 0 Å². The fourth-order valence-corrected chi connectivity index (χ4v) is 3.75. The quantitative estimate of drug-likeness (QED) is 0.624. The van der Waals surface area contributed by atoms with Crippen molar-refractivity contribution in [2.75, 3.05) is 26.3 Å². The standard InChI is InChI=1S/C20H24N2O8/c23-17(21-8-2-6-15(21)19(25)26)11-29-13-4-1-5-14(10-13)30-12-18(24)22-9-3-7-16(22)20(27)28/h1,4-5,10,15-16H,2-3,6-9,11-12H2,(H,25,26)(H,27,28). The van der Waals surface area contributed by atoms with E-state index >= 15 is 0 Å². The summed E-state index contributed by atoms with van der Waals surface area (Å²) in [6.45, 7) is 0.164. The molecular weight excluding hydrogens is 396 g/mol. The molecule has 30 heavy (non-hydrogen) atoms. The average molecular weight is 420 g/mol. The first-order chi connectivity index (χ1) is 14.4. The van der Waals surface area contributed by atoms with E-state index in [4.69, 9.17) is 19.7 Å². The van der Waals surface area contributed by atoms with Gasteiger partial charge in [0.15, 0.2) is 13.2 Å². The van der Waals surface area contributed by atoms with Crippen molar-refractivity contribution in [1.29, 1.82) is 0 Å². The highest BCUT2D eigenvalue weighted by atomic mass is 16.5. The molecule has 0 saturated carbocycles. The molecule has 0 radical (unpaired) electrons. The number of carbonyl (C=O) groups is 4. The normalized spacial score (nSPS) is 20.8. The van der Waals surface area contributed by atoms with Crippen molar-refractivity contribution in [1.82, 2.24) is 9.80 Å². The molecule has 0 aromatic heterocycles. The lowest BCUT2D eigenvalue weighted by molar-refractivity contribution is -0.149. The molecule has 0 spiro atoms. The van der Waals surface area contributed by atoms with Crippen LogP contribution in [0.5, 0.6) is 11.5 Å². The van der Waals surface area contributed by atoms with Crippen molar-refractivity contribution in [3.05, 3.63) is 24.3 Å². The minimum absolute atomic E-state index is 0.305. The highest BCUT2D eigenvalue weighted by Crippen LogP contribution is 2.22. The summed E-state index contributed by atoms with van der Waals surface area (Å²) in [7, 11) is 0. The number of nitrogens with zero attached hydrogens (tertiary/aromatic N) is 2. The third-order valence-corrected chi connectivity index (χ3v) is 5.25. The fourth-order valence-electron chi connectivity index (χ4n) is 3.75. The van der Waals surface area contributed by atoms with Crippen LogP contribution in [0.3, 0.4) is 0 Å². The zero-order valence-electron chi connectivity index (χ0n) is 16.4. The molecule has 2 amide bonds. The second-order valence-electron chi connectivity index (χ2n) is 7.22. The maximum atomic E-state index is 12.3. The van der Waals surface area contributed by atoms with E-state index in [1.165, 1.54) is 15.9 Å². The van der Waals surface area contributed by atoms with Gasteiger partial charge < -0.3 is 29.5 Å². The van der Waals surface area contributed by atoms with E-state index in [1.807, 2.05) is 0 Å². The van der Waals surface area contributed by atoms with Crippen LogP contribution in [-0.4, -0.2) is 82.2 Å². The summed E-state index contributed by atoms with van der Waals surface area (Å²) < 4.78 is 10.9. The first-order valence-electron chi connectivity index (χ1n) is 9.77. The number of hydrogen-bond acceptors (Lipinski definition) is 6. The lowest BCUT2D eigenvalue weighted by Crippen LogP contribution is -2.42. The Hall–Kier alpha value is -3.30. The number of rotatable bonds is 8. The molecule has 2 aliphatic rings. The molecule has 2 aliphatic heterocycles. The van der Waals surface area contributed by atoms with Crippen LogP contribution in [0.2, 0.25) is 0 Å². The Kier molecular flexibility index (Phi) is 6.76. The van der Waals surface area contributed by atoms with Gasteiger partial charge in [0, 0.05) is 19.2 Å². The van der Waals surface area contributed by atoms with E-state index in [0.717, 1.165) is 0 Å². The second kappa shape index (κ2) is 9.47. The molecule has 2 atom stereocenters. The Morgan fingerprint density at radius 1 is 0.833 bits per heavy atom. The van der Waals surface area contributed by atoms with Gasteiger partial charge in [0.1, 0.15) is 23.6 Å². The monoisotopic (exact) mass is 420 g/mol. The minimum Gasteiger partial charge on any atom is -0.484 e. The maximum absolute atomic E-state index is 12.3. The summed E-state index contributed by atoms with van der Waals surface area (Å²) >= 11 is 0. The van der Waals surface area contributed by atoms with Gasteiger partial charge >= 0.3 is 11.9 Å². The molecule has 2 saturated heterocycles. The SMILES string of the molecule is O=C(O)C1CCCN1C(=O)COc1cccc(OCC(=O)N2CCCC2C(=O)O)c1. The third-order valence-electron chi connectivity index (χ3n) is 5.25. The van der Waals surface area contributed by atoms with Crippen molar-refractivity contribution in [3.8, 4) is 11.5 Å². The number of amides is 2. The predicted molar refractivity (Wildman–Crippen MR) is 102 cm³/mol. The molecule has 162 valence electrons. The van der Waals surface area contributed by atoms with E-state index in [0.29, 0.717) is 50.3 Å². The van der Waals surface area contributed by atoms with Crippen LogP contribution in [0.1, 0.15) is 25.7 Å². The Bertz CT molecular complexity index is 764. The van der Waals surface area contributed by atoms with Crippen molar-refractivity contribution >= 4 is 23.8 Å². The number of ether oxygens (including phenoxy) is 2. The van der Waals surface area contributed by atoms with Crippen molar-refractivity contribution in [2.45, 2.75) is 37.8 Å². The summed E-state index contributed by atoms with van der Waals surface area (Å²) in [6.07, 6.45) is 2.13. The summed E-state index contributed by atoms with van der Waals surface area (Å²) in [5.41, 5.74) is 0. The second-order valence-corrected chi connectivity index (χ2v) is 7.22. The summed E-state index contributed by atoms with van der Waals surface area (Å²) in [6, 6.07) is 4.73. The average Bonchev–Trinajstić information content (AvgIpc) is 3.40. The minimum atomic E-state index is -1.02. The van der Waals surface area contributed by atoms with E-state index in [9.17, 15) is 19.2 Å². The Morgan fingerprint density at radius 3 is 1.67 bits per heavy atom. The van der Waals surface area contributed by atoms with Crippen LogP contribution < -0.4 is 9.47 Å². The number of likely N-dealkylation sites (tertiary alicyclic amines) is 2. The number of aliphatic carboxylic acids is 2. The van der Waals surface area contributed by atoms with Gasteiger partial charge in [-0.15, -0.1) is 0 Å². The van der Waals surface area contributed by atoms with E-state index in [-0.39, 0.29) is 13.2 Å². The number of carboxylic acid groups (broad SMARTS) is 2. The lowest BCUT2D eigenvalue weighted by Gasteiger charge is -2.22. The topological polar surface area (TPSA) is 134 Å². The van der Waals surface area contributed by atoms with Crippen molar-refractivity contribution in [2.24, 2.45) is 0 Å². The lowest BCUT2D eigenvalue weighted by atomic mass is 10.2. The molecule has 2 N–H and O–H groups in total. The van der Waals surface area contributed by atoms with Gasteiger partial charge in [-0.05, 0) is 37.8 Å². The van der Waals surface area contributed by atoms with Crippen LogP contribution in [0.4, 0.5) is 0 Å². The number of carboxylic acids is 2. The van der Waals surface area contributed by atoms with Crippen molar-refractivity contribution < 1.29 is 38.9 Å². The van der Waals surface area contributed by atoms with Gasteiger partial charge in [-0.25, -0.2) is 9.59 Å². The maximum Gasteiger partial charge on any atom is 0.326 e. The van der Waals surface area contributed by atoms with Crippen LogP contribution in [0.15, 0.2) is 24.3 Å². The molecule has 3 rings (SSSR count). The van der Waals surface area contributed by atoms with E-state index in [2.05, 4.69) is 0 Å². The van der Waals surface area contributed by atoms with E-state index < -0.39 is 35.8 Å². The molecule has 2 unspecified atom stereocenters. The fraction of sp³-hybridized carbons (Fsp3) is 0.500. The van der Waals surface area contributed by atoms with Crippen LogP contribution in [-0.2, 0) is 19.2 Å². The number of carbonyl (C=O) groups excluding carboxylic acids is 2. The zero-order valence-corrected chi connectivity index (χ0v) is 16.4. The molecular formula is C20H24N2O8. The number of hydrogen-bond donors (Lipinski definition) is 2. The first-order valence-corrected chi connectivity index (χ1v) is 9.77. The van der Waals surface area contributed by atoms with Crippen molar-refractivity contribution in [3.63, 3.8) is 0 Å². The van der Waals surface area contributed by atoms with Crippen LogP contribution in [0.25, 0.3) is 0 Å². The van der Waals surface area contributed by atoms with Gasteiger partial charge in [-0.1, -0.05) is 6.07 Å². The molecule has 0 aliphatic carbocycles. The molecule has 10 nitrogen and oxygen atoms in total. The van der Waals surface area contributed by atoms with Gasteiger partial charge in [-0.3, -0.25) is 9.59 Å². The zero-order chi connectivity index (χ0) is 21.7. The third kappa shape index (κ3) is 5.00. The number of benzene rings is 1. The molecule has 2 heterocycles. The van der Waals surface area contributed by atoms with Gasteiger partial charge in [-0.2, -0.15) is 0 Å². The molecule has 1 aromatic carbocycles. The Labute approximate surface area is 173 Å². The highest BCUT2D eigenvalue weighted by molar-refractivity contribution is 5.85. The summed E-state index contributed by atoms with van der Waals surface area (Å²) in [4.78, 5) is 49.6. The van der Waals surface area contributed by atoms with Gasteiger partial charge in [0.05, 0.1) is 0 Å². The predicted octanol–water partition coefficient (Wildman–Crippen LogP) is 0.595. The first kappa shape index (κ1) is 21.4. The Morgan fingerprint density at radius 2 is 1.27 bits per heavy atom. The molecule has 10 heteroatoms. The molecule has 2 fully saturated rings. The largest absolute Gasteiger partial charge is 0.484 e. The molecule has 1 aromatic rings. The summed E-state index contributed by atoms with van der Waals surface area (Å²) in [5, 5.41) is 18.3. The molecule has 0 bridgehead atoms. The van der Waals surface area contributed by atoms with Gasteiger partial charge in [0.2, 0.25) is 0 Å².